The molecule has 3 atom stereocenters. The molecule has 1 fully saturated rings. The number of aliphatic hydroxyl groups is 1. The Bertz CT molecular complexity index is 871. The van der Waals surface area contributed by atoms with Crippen LogP contribution in [0.15, 0.2) is 42.5 Å². The highest BCUT2D eigenvalue weighted by Crippen LogP contribution is 2.50. The summed E-state index contributed by atoms with van der Waals surface area (Å²) in [7, 11) is 2.20. The Morgan fingerprint density at radius 2 is 1.93 bits per heavy atom. The fraction of sp³-hybridized carbons (Fsp3) is 0.500. The molecule has 0 saturated carbocycles. The number of halogens is 1. The van der Waals surface area contributed by atoms with Gasteiger partial charge < -0.3 is 19.8 Å². The molecule has 0 amide bonds. The number of hydrogen-bond acceptors (Lipinski definition) is 4. The molecular weight excluding hydrogens is 365 g/mol. The topological polar surface area (TPSA) is 30.0 Å². The van der Waals surface area contributed by atoms with Gasteiger partial charge >= 0.3 is 0 Å². The first kappa shape index (κ1) is 18.9. The molecule has 0 aromatic heterocycles. The van der Waals surface area contributed by atoms with Gasteiger partial charge in [0.15, 0.2) is 0 Å². The van der Waals surface area contributed by atoms with Gasteiger partial charge in [-0.15, -0.1) is 0 Å². The number of benzene rings is 2. The number of piperidine rings is 1. The number of aliphatic hydroxyl groups excluding tert-OH is 1. The van der Waals surface area contributed by atoms with E-state index in [1.165, 1.54) is 35.5 Å². The third kappa shape index (κ3) is 3.40. The molecule has 0 bridgehead atoms. The second kappa shape index (κ2) is 7.62. The summed E-state index contributed by atoms with van der Waals surface area (Å²) in [5.74, 6) is 0.334. The van der Waals surface area contributed by atoms with Crippen molar-refractivity contribution in [2.24, 2.45) is 0 Å². The maximum Gasteiger partial charge on any atom is 0.123 e. The van der Waals surface area contributed by atoms with E-state index in [2.05, 4.69) is 39.9 Å². The van der Waals surface area contributed by atoms with E-state index in [9.17, 15) is 9.50 Å². The zero-order valence-electron chi connectivity index (χ0n) is 17.1. The van der Waals surface area contributed by atoms with Crippen LogP contribution >= 0.6 is 0 Å². The summed E-state index contributed by atoms with van der Waals surface area (Å²) in [6.07, 6.45) is 2.37. The third-order valence-corrected chi connectivity index (χ3v) is 7.09. The van der Waals surface area contributed by atoms with Crippen LogP contribution in [0, 0.1) is 5.82 Å². The van der Waals surface area contributed by atoms with Crippen LogP contribution in [0.4, 0.5) is 15.8 Å². The number of fused-ring (bicyclic) bond motifs is 3. The number of nitrogens with zero attached hydrogens (tertiary/aromatic N) is 3. The number of para-hydroxylation sites is 1. The summed E-state index contributed by atoms with van der Waals surface area (Å²) in [5, 5.41) is 10.4. The molecule has 4 nitrogen and oxygen atoms in total. The van der Waals surface area contributed by atoms with E-state index in [0.29, 0.717) is 18.4 Å². The molecule has 3 aliphatic rings. The van der Waals surface area contributed by atoms with Gasteiger partial charge in [0.25, 0.3) is 0 Å². The van der Waals surface area contributed by atoms with Gasteiger partial charge in [0.05, 0.1) is 17.5 Å². The van der Waals surface area contributed by atoms with E-state index in [1.54, 1.807) is 12.1 Å². The molecule has 5 rings (SSSR count). The number of likely N-dealkylation sites (tertiary alicyclic amines) is 1. The van der Waals surface area contributed by atoms with Crippen molar-refractivity contribution in [3.05, 3.63) is 59.4 Å². The van der Waals surface area contributed by atoms with Crippen LogP contribution in [0.3, 0.4) is 0 Å². The van der Waals surface area contributed by atoms with E-state index < -0.39 is 6.10 Å². The Morgan fingerprint density at radius 1 is 1.10 bits per heavy atom. The molecule has 154 valence electrons. The number of hydrogen-bond donors (Lipinski definition) is 1. The lowest BCUT2D eigenvalue weighted by Crippen LogP contribution is -2.49. The van der Waals surface area contributed by atoms with Crippen molar-refractivity contribution in [2.45, 2.75) is 37.3 Å². The molecular formula is C24H30FN3O. The van der Waals surface area contributed by atoms with Crippen LogP contribution in [-0.4, -0.2) is 55.8 Å². The van der Waals surface area contributed by atoms with Crippen molar-refractivity contribution >= 4 is 11.4 Å². The summed E-state index contributed by atoms with van der Waals surface area (Å²) in [5.41, 5.74) is 5.19. The lowest BCUT2D eigenvalue weighted by molar-refractivity contribution is 0.144. The predicted molar refractivity (Wildman–Crippen MR) is 115 cm³/mol. The Hall–Kier alpha value is -2.11. The van der Waals surface area contributed by atoms with Crippen molar-refractivity contribution < 1.29 is 9.50 Å². The maximum atomic E-state index is 13.1. The monoisotopic (exact) mass is 395 g/mol. The van der Waals surface area contributed by atoms with Crippen molar-refractivity contribution in [1.29, 1.82) is 0 Å². The molecule has 0 spiro atoms. The van der Waals surface area contributed by atoms with Crippen LogP contribution in [0.25, 0.3) is 0 Å². The van der Waals surface area contributed by atoms with Gasteiger partial charge in [-0.1, -0.05) is 24.3 Å². The molecule has 3 heterocycles. The first-order valence-electron chi connectivity index (χ1n) is 10.9. The average Bonchev–Trinajstić information content (AvgIpc) is 3.06. The van der Waals surface area contributed by atoms with Gasteiger partial charge in [-0.05, 0) is 55.1 Å². The van der Waals surface area contributed by atoms with Gasteiger partial charge in [-0.25, -0.2) is 4.39 Å². The molecule has 5 heteroatoms. The normalized spacial score (nSPS) is 24.4. The van der Waals surface area contributed by atoms with Gasteiger partial charge in [-0.3, -0.25) is 0 Å². The molecule has 1 N–H and O–H groups in total. The fourth-order valence-corrected chi connectivity index (χ4v) is 5.54. The van der Waals surface area contributed by atoms with Crippen LogP contribution in [0.5, 0.6) is 0 Å². The third-order valence-electron chi connectivity index (χ3n) is 7.09. The summed E-state index contributed by atoms with van der Waals surface area (Å²) in [4.78, 5) is 7.63. The van der Waals surface area contributed by atoms with Crippen LogP contribution in [0.2, 0.25) is 0 Å². The summed E-state index contributed by atoms with van der Waals surface area (Å²) in [6.45, 7) is 5.48. The second-order valence-electron chi connectivity index (χ2n) is 8.80. The lowest BCUT2D eigenvalue weighted by atomic mass is 9.89. The van der Waals surface area contributed by atoms with E-state index in [1.807, 2.05) is 0 Å². The highest BCUT2D eigenvalue weighted by atomic mass is 19.1. The SMILES string of the molecule is CN1CCN2c3c(cccc31)[C@@H]1CN(CCC[C@H](O)c3ccc(F)cc3)CC[C@@H]12. The highest BCUT2D eigenvalue weighted by Gasteiger charge is 2.44. The molecule has 29 heavy (non-hydrogen) atoms. The molecule has 0 aliphatic carbocycles. The maximum absolute atomic E-state index is 13.1. The number of anilines is 2. The summed E-state index contributed by atoms with van der Waals surface area (Å²) < 4.78 is 13.1. The van der Waals surface area contributed by atoms with Gasteiger partial charge in [0.1, 0.15) is 5.82 Å². The van der Waals surface area contributed by atoms with Crippen LogP contribution in [0.1, 0.15) is 42.4 Å². The van der Waals surface area contributed by atoms with Crippen LogP contribution < -0.4 is 9.80 Å². The molecule has 0 radical (unpaired) electrons. The Kier molecular flexibility index (Phi) is 4.96. The Labute approximate surface area is 172 Å². The molecule has 0 unspecified atom stereocenters. The molecule has 2 aromatic carbocycles. The largest absolute Gasteiger partial charge is 0.388 e. The van der Waals surface area contributed by atoms with Crippen molar-refractivity contribution in [3.8, 4) is 0 Å². The van der Waals surface area contributed by atoms with E-state index in [4.69, 9.17) is 0 Å². The fourth-order valence-electron chi connectivity index (χ4n) is 5.54. The zero-order chi connectivity index (χ0) is 20.0. The van der Waals surface area contributed by atoms with Gasteiger partial charge in [0, 0.05) is 45.2 Å². The molecule has 2 aromatic rings. The predicted octanol–water partition coefficient (Wildman–Crippen LogP) is 3.77. The smallest absolute Gasteiger partial charge is 0.123 e. The minimum absolute atomic E-state index is 0.256. The van der Waals surface area contributed by atoms with E-state index in [-0.39, 0.29) is 5.82 Å². The van der Waals surface area contributed by atoms with Crippen molar-refractivity contribution in [1.82, 2.24) is 4.90 Å². The van der Waals surface area contributed by atoms with E-state index in [0.717, 1.165) is 44.7 Å². The van der Waals surface area contributed by atoms with Crippen molar-refractivity contribution in [2.75, 3.05) is 49.6 Å². The lowest BCUT2D eigenvalue weighted by Gasteiger charge is -2.41. The minimum atomic E-state index is -0.511. The van der Waals surface area contributed by atoms with Gasteiger partial charge in [0.2, 0.25) is 0 Å². The Morgan fingerprint density at radius 3 is 2.76 bits per heavy atom. The summed E-state index contributed by atoms with van der Waals surface area (Å²) in [6, 6.07) is 13.7. The van der Waals surface area contributed by atoms with Crippen LogP contribution in [-0.2, 0) is 0 Å². The average molecular weight is 396 g/mol. The molecule has 3 aliphatic heterocycles. The van der Waals surface area contributed by atoms with E-state index >= 15 is 0 Å². The number of likely N-dealkylation sites (N-methyl/N-ethyl adjacent to an activating group) is 1. The Balaban J connectivity index is 1.21. The minimum Gasteiger partial charge on any atom is -0.388 e. The van der Waals surface area contributed by atoms with Gasteiger partial charge in [-0.2, -0.15) is 0 Å². The molecule has 1 saturated heterocycles. The van der Waals surface area contributed by atoms with Crippen molar-refractivity contribution in [3.63, 3.8) is 0 Å². The first-order valence-corrected chi connectivity index (χ1v) is 10.9. The second-order valence-corrected chi connectivity index (χ2v) is 8.80. The quantitative estimate of drug-likeness (QED) is 0.835. The number of rotatable bonds is 5. The first-order chi connectivity index (χ1) is 14.1. The standard InChI is InChI=1S/C24H30FN3O/c1-26-14-15-28-21-11-13-27(16-20(21)19-4-2-5-22(26)24(19)28)12-3-6-23(29)17-7-9-18(25)10-8-17/h2,4-5,7-10,20-21,23,29H,3,6,11-16H2,1H3/t20-,21-,23-/m0/s1. The highest BCUT2D eigenvalue weighted by molar-refractivity contribution is 5.80. The summed E-state index contributed by atoms with van der Waals surface area (Å²) >= 11 is 0. The zero-order valence-corrected chi connectivity index (χ0v) is 17.1.